The first-order valence-corrected chi connectivity index (χ1v) is 16.3. The van der Waals surface area contributed by atoms with E-state index in [-0.39, 0.29) is 26.7 Å². The second-order valence-electron chi connectivity index (χ2n) is 13.6. The number of hydrogen-bond acceptors (Lipinski definition) is 6. The van der Waals surface area contributed by atoms with Crippen LogP contribution in [0.1, 0.15) is 68.9 Å². The van der Waals surface area contributed by atoms with Crippen molar-refractivity contribution in [3.05, 3.63) is 87.7 Å². The molecule has 280 valence electrons. The number of nitrogens with zero attached hydrogens (tertiary/aromatic N) is 1. The normalized spacial score (nSPS) is 16.8. The molecule has 1 aliphatic carbocycles. The second kappa shape index (κ2) is 14.3. The van der Waals surface area contributed by atoms with Gasteiger partial charge in [-0.2, -0.15) is 18.1 Å². The van der Waals surface area contributed by atoms with E-state index in [1.807, 2.05) is 0 Å². The lowest BCUT2D eigenvalue weighted by Crippen LogP contribution is -2.44. The topological polar surface area (TPSA) is 114 Å². The van der Waals surface area contributed by atoms with Gasteiger partial charge >= 0.3 is 18.4 Å². The molecule has 4 amide bonds. The SMILES string of the molecule is CC(C)(C)OC(=O)N(C(=O)OC(C)(C)C)c1c(F)ccc(NC(=O)c2cc(NC(=O)[C@H]3[C@H](c4ccc(F)c(C(F)(F)F)c4)C3(Cl)Cl)ccc2Cl)c1F. The van der Waals surface area contributed by atoms with Crippen LogP contribution in [-0.2, 0) is 20.4 Å². The molecule has 2 atom stereocenters. The number of carbonyl (C=O) groups is 4. The molecular weight excluding hydrogens is 767 g/mol. The van der Waals surface area contributed by atoms with Crippen LogP contribution in [-0.4, -0.2) is 39.5 Å². The van der Waals surface area contributed by atoms with Gasteiger partial charge in [-0.15, -0.1) is 23.2 Å². The van der Waals surface area contributed by atoms with Crippen LogP contribution in [0.15, 0.2) is 48.5 Å². The minimum absolute atomic E-state index is 0.00867. The van der Waals surface area contributed by atoms with E-state index in [1.165, 1.54) is 53.7 Å². The lowest BCUT2D eigenvalue weighted by atomic mass is 10.0. The first-order chi connectivity index (χ1) is 23.7. The number of ether oxygens (including phenoxy) is 2. The molecule has 1 fully saturated rings. The number of carbonyl (C=O) groups excluding carboxylic acids is 4. The van der Waals surface area contributed by atoms with E-state index in [4.69, 9.17) is 44.3 Å². The second-order valence-corrected chi connectivity index (χ2v) is 15.4. The van der Waals surface area contributed by atoms with E-state index < -0.39 is 91.9 Å². The van der Waals surface area contributed by atoms with E-state index in [0.717, 1.165) is 18.2 Å². The number of amides is 4. The van der Waals surface area contributed by atoms with Crippen molar-refractivity contribution in [3.63, 3.8) is 0 Å². The third-order valence-electron chi connectivity index (χ3n) is 7.16. The van der Waals surface area contributed by atoms with E-state index in [0.29, 0.717) is 18.2 Å². The van der Waals surface area contributed by atoms with Gasteiger partial charge in [0, 0.05) is 11.6 Å². The van der Waals surface area contributed by atoms with Gasteiger partial charge in [0.15, 0.2) is 11.6 Å². The number of anilines is 3. The Morgan fingerprint density at radius 1 is 0.788 bits per heavy atom. The summed E-state index contributed by atoms with van der Waals surface area (Å²) in [6.07, 6.45) is -7.99. The third-order valence-corrected chi connectivity index (χ3v) is 8.43. The maximum atomic E-state index is 15.9. The van der Waals surface area contributed by atoms with Gasteiger partial charge in [-0.3, -0.25) is 9.59 Å². The van der Waals surface area contributed by atoms with Gasteiger partial charge in [-0.1, -0.05) is 17.7 Å². The molecule has 52 heavy (non-hydrogen) atoms. The van der Waals surface area contributed by atoms with Gasteiger partial charge in [0.25, 0.3) is 5.91 Å². The van der Waals surface area contributed by atoms with Crippen LogP contribution in [0.4, 0.5) is 53.0 Å². The Hall–Kier alpha value is -4.21. The first-order valence-electron chi connectivity index (χ1n) is 15.1. The molecule has 4 rings (SSSR count). The van der Waals surface area contributed by atoms with Crippen molar-refractivity contribution in [1.82, 2.24) is 0 Å². The van der Waals surface area contributed by atoms with Gasteiger partial charge in [0.1, 0.15) is 27.0 Å². The van der Waals surface area contributed by atoms with Gasteiger partial charge < -0.3 is 20.1 Å². The number of rotatable bonds is 6. The van der Waals surface area contributed by atoms with Crippen molar-refractivity contribution in [2.24, 2.45) is 5.92 Å². The summed E-state index contributed by atoms with van der Waals surface area (Å²) in [6, 6.07) is 7.09. The first kappa shape index (κ1) is 40.6. The Balaban J connectivity index is 1.60. The van der Waals surface area contributed by atoms with Crippen LogP contribution in [0.25, 0.3) is 0 Å². The van der Waals surface area contributed by atoms with Crippen molar-refractivity contribution in [2.75, 3.05) is 15.5 Å². The van der Waals surface area contributed by atoms with Crippen LogP contribution in [0.5, 0.6) is 0 Å². The van der Waals surface area contributed by atoms with Crippen molar-refractivity contribution in [1.29, 1.82) is 0 Å². The maximum absolute atomic E-state index is 15.9. The summed E-state index contributed by atoms with van der Waals surface area (Å²) in [7, 11) is 0. The molecule has 1 aliphatic rings. The molecule has 3 aromatic carbocycles. The summed E-state index contributed by atoms with van der Waals surface area (Å²) < 4.78 is 93.3. The fraction of sp³-hybridized carbons (Fsp3) is 0.353. The lowest BCUT2D eigenvalue weighted by Gasteiger charge is -2.29. The molecule has 0 bridgehead atoms. The molecule has 0 aliphatic heterocycles. The van der Waals surface area contributed by atoms with Gasteiger partial charge in [0.2, 0.25) is 5.91 Å². The van der Waals surface area contributed by atoms with E-state index in [9.17, 15) is 36.7 Å². The summed E-state index contributed by atoms with van der Waals surface area (Å²) in [6.45, 7) is 8.70. The lowest BCUT2D eigenvalue weighted by molar-refractivity contribution is -0.140. The van der Waals surface area contributed by atoms with Crippen LogP contribution in [0, 0.1) is 23.4 Å². The Morgan fingerprint density at radius 2 is 1.35 bits per heavy atom. The summed E-state index contributed by atoms with van der Waals surface area (Å²) >= 11 is 18.7. The molecule has 0 aromatic heterocycles. The van der Waals surface area contributed by atoms with Crippen LogP contribution in [0.2, 0.25) is 5.02 Å². The molecular formula is C34H30Cl3F6N3O6. The molecule has 0 spiro atoms. The van der Waals surface area contributed by atoms with Gasteiger partial charge in [-0.05, 0) is 89.6 Å². The average molecular weight is 797 g/mol. The highest BCUT2D eigenvalue weighted by atomic mass is 35.5. The Bertz CT molecular complexity index is 1920. The smallest absolute Gasteiger partial charge is 0.424 e. The molecule has 0 heterocycles. The number of nitrogens with one attached hydrogen (secondary N) is 2. The van der Waals surface area contributed by atoms with Crippen molar-refractivity contribution in [3.8, 4) is 0 Å². The van der Waals surface area contributed by atoms with E-state index >= 15 is 8.78 Å². The molecule has 1 saturated carbocycles. The fourth-order valence-corrected chi connectivity index (χ4v) is 5.95. The summed E-state index contributed by atoms with van der Waals surface area (Å²) in [5.74, 6) is -8.93. The zero-order valence-electron chi connectivity index (χ0n) is 28.1. The minimum atomic E-state index is -5.03. The molecule has 3 aromatic rings. The fourth-order valence-electron chi connectivity index (χ4n) is 4.92. The molecule has 0 unspecified atom stereocenters. The van der Waals surface area contributed by atoms with Gasteiger partial charge in [-0.25, -0.2) is 22.8 Å². The summed E-state index contributed by atoms with van der Waals surface area (Å²) in [5, 5.41) is 4.39. The molecule has 0 saturated heterocycles. The molecule has 2 N–H and O–H groups in total. The predicted molar refractivity (Wildman–Crippen MR) is 181 cm³/mol. The average Bonchev–Trinajstić information content (AvgIpc) is 3.56. The third kappa shape index (κ3) is 9.04. The number of alkyl halides is 5. The summed E-state index contributed by atoms with van der Waals surface area (Å²) in [4.78, 5) is 52.6. The van der Waals surface area contributed by atoms with Crippen molar-refractivity contribution >= 4 is 75.9 Å². The minimum Gasteiger partial charge on any atom is -0.443 e. The van der Waals surface area contributed by atoms with Gasteiger partial charge in [0.05, 0.1) is 27.8 Å². The van der Waals surface area contributed by atoms with Crippen LogP contribution >= 0.6 is 34.8 Å². The molecule has 18 heteroatoms. The highest BCUT2D eigenvalue weighted by molar-refractivity contribution is 6.53. The molecule has 9 nitrogen and oxygen atoms in total. The van der Waals surface area contributed by atoms with E-state index in [1.54, 1.807) is 0 Å². The monoisotopic (exact) mass is 795 g/mol. The Morgan fingerprint density at radius 3 is 1.88 bits per heavy atom. The highest BCUT2D eigenvalue weighted by Crippen LogP contribution is 2.65. The zero-order valence-corrected chi connectivity index (χ0v) is 30.3. The summed E-state index contributed by atoms with van der Waals surface area (Å²) in [5.41, 5.74) is -6.50. The Labute approximate surface area is 308 Å². The number of imide groups is 1. The number of hydrogen-bond donors (Lipinski definition) is 2. The maximum Gasteiger partial charge on any atom is 0.424 e. The Kier molecular flexibility index (Phi) is 11.2. The van der Waals surface area contributed by atoms with Crippen molar-refractivity contribution in [2.45, 2.75) is 69.2 Å². The quantitative estimate of drug-likeness (QED) is 0.190. The highest BCUT2D eigenvalue weighted by Gasteiger charge is 2.67. The van der Waals surface area contributed by atoms with E-state index in [2.05, 4.69) is 10.6 Å². The number of halogens is 9. The van der Waals surface area contributed by atoms with Crippen LogP contribution < -0.4 is 15.5 Å². The largest absolute Gasteiger partial charge is 0.443 e. The van der Waals surface area contributed by atoms with Crippen LogP contribution in [0.3, 0.4) is 0 Å². The number of benzene rings is 3. The zero-order chi connectivity index (χ0) is 39.3. The standard InChI is InChI=1S/C34H30Cl3F6N3O6/c1-31(2,3)51-29(49)46(30(50)52-32(4,5)6)26-21(39)11-12-22(25(26)40)45-27(47)17-14-16(8-9-19(17)35)44-28(48)24-23(33(24,36)37)15-7-10-20(38)18(13-15)34(41,42)43/h7-14,23-24H,1-6H3,(H,44,48)(H,45,47)/t23-,24+/m0/s1. The molecule has 0 radical (unpaired) electrons. The predicted octanol–water partition coefficient (Wildman–Crippen LogP) is 10.2. The van der Waals surface area contributed by atoms with Crippen molar-refractivity contribution < 1.29 is 55.0 Å².